The molecular weight excluding hydrogens is 368 g/mol. The molecule has 9 heteroatoms. The Morgan fingerprint density at radius 3 is 2.90 bits per heavy atom. The zero-order valence-electron chi connectivity index (χ0n) is 10.8. The number of aromatic nitrogens is 3. The van der Waals surface area contributed by atoms with Gasteiger partial charge in [0.05, 0.1) is 6.26 Å². The van der Waals surface area contributed by atoms with Crippen LogP contribution in [0.2, 0.25) is 0 Å². The van der Waals surface area contributed by atoms with Crippen molar-refractivity contribution in [2.75, 3.05) is 18.7 Å². The lowest BCUT2D eigenvalue weighted by Crippen LogP contribution is -2.26. The maximum atomic E-state index is 11.1. The molecule has 2 heterocycles. The summed E-state index contributed by atoms with van der Waals surface area (Å²) in [5.74, 6) is 1.25. The van der Waals surface area contributed by atoms with Gasteiger partial charge >= 0.3 is 0 Å². The van der Waals surface area contributed by atoms with Gasteiger partial charge in [0.15, 0.2) is 5.65 Å². The van der Waals surface area contributed by atoms with Crippen LogP contribution in [0.25, 0.3) is 11.2 Å². The molecule has 6 nitrogen and oxygen atoms in total. The molecule has 2 aromatic heterocycles. The van der Waals surface area contributed by atoms with Crippen molar-refractivity contribution in [2.45, 2.75) is 13.0 Å². The summed E-state index contributed by atoms with van der Waals surface area (Å²) in [4.78, 5) is 8.82. The van der Waals surface area contributed by atoms with Gasteiger partial charge in [0.1, 0.15) is 11.3 Å². The lowest BCUT2D eigenvalue weighted by molar-refractivity contribution is 0.577. The summed E-state index contributed by atoms with van der Waals surface area (Å²) in [6.45, 7) is 0.752. The number of nitrogens with one attached hydrogen (secondary N) is 1. The minimum Gasteiger partial charge on any atom is -0.311 e. The summed E-state index contributed by atoms with van der Waals surface area (Å²) in [7, 11) is -3.20. The van der Waals surface area contributed by atoms with E-state index in [1.165, 1.54) is 0 Å². The first-order chi connectivity index (χ1) is 9.40. The highest BCUT2D eigenvalue weighted by Gasteiger charge is 2.12. The van der Waals surface area contributed by atoms with E-state index < -0.39 is 10.0 Å². The average molecular weight is 382 g/mol. The van der Waals surface area contributed by atoms with Crippen molar-refractivity contribution in [2.24, 2.45) is 0 Å². The van der Waals surface area contributed by atoms with Crippen molar-refractivity contribution in [1.82, 2.24) is 19.3 Å². The molecule has 0 aromatic carbocycles. The fourth-order valence-corrected chi connectivity index (χ4v) is 2.84. The second-order valence-corrected chi connectivity index (χ2v) is 7.41. The van der Waals surface area contributed by atoms with Crippen LogP contribution in [-0.2, 0) is 23.0 Å². The molecule has 0 radical (unpaired) electrons. The fourth-order valence-electron chi connectivity index (χ4n) is 1.89. The van der Waals surface area contributed by atoms with Crippen molar-refractivity contribution in [3.8, 4) is 0 Å². The number of pyridine rings is 1. The van der Waals surface area contributed by atoms with E-state index in [-0.39, 0.29) is 6.54 Å². The quantitative estimate of drug-likeness (QED) is 0.770. The van der Waals surface area contributed by atoms with E-state index in [4.69, 9.17) is 11.6 Å². The van der Waals surface area contributed by atoms with Crippen LogP contribution in [0, 0.1) is 0 Å². The van der Waals surface area contributed by atoms with E-state index in [0.717, 1.165) is 27.7 Å². The molecule has 0 unspecified atom stereocenters. The molecule has 0 bridgehead atoms. The first-order valence-corrected chi connectivity index (χ1v) is 9.14. The van der Waals surface area contributed by atoms with Gasteiger partial charge in [0.25, 0.3) is 0 Å². The lowest BCUT2D eigenvalue weighted by Gasteiger charge is -2.08. The fraction of sp³-hybridized carbons (Fsp3) is 0.455. The van der Waals surface area contributed by atoms with E-state index in [2.05, 4.69) is 30.6 Å². The van der Waals surface area contributed by atoms with Gasteiger partial charge in [0, 0.05) is 36.1 Å². The maximum absolute atomic E-state index is 11.1. The van der Waals surface area contributed by atoms with E-state index >= 15 is 0 Å². The van der Waals surface area contributed by atoms with E-state index in [9.17, 15) is 8.42 Å². The molecule has 0 fully saturated rings. The molecule has 0 saturated heterocycles. The van der Waals surface area contributed by atoms with Crippen molar-refractivity contribution in [3.05, 3.63) is 22.6 Å². The van der Waals surface area contributed by atoms with Crippen LogP contribution in [0.3, 0.4) is 0 Å². The number of alkyl halides is 1. The first kappa shape index (κ1) is 15.7. The molecule has 110 valence electrons. The summed E-state index contributed by atoms with van der Waals surface area (Å²) in [5.41, 5.74) is 1.49. The zero-order valence-corrected chi connectivity index (χ0v) is 14.0. The van der Waals surface area contributed by atoms with Crippen LogP contribution in [0.1, 0.15) is 5.82 Å². The molecule has 0 aliphatic carbocycles. The SMILES string of the molecule is CS(=O)(=O)NCCn1c(CCCl)nc2cc(Br)cnc21. The van der Waals surface area contributed by atoms with Gasteiger partial charge in [-0.05, 0) is 22.0 Å². The number of fused-ring (bicyclic) bond motifs is 1. The van der Waals surface area contributed by atoms with Gasteiger partial charge < -0.3 is 4.57 Å². The van der Waals surface area contributed by atoms with Gasteiger partial charge in [-0.15, -0.1) is 11.6 Å². The van der Waals surface area contributed by atoms with Crippen LogP contribution in [0.4, 0.5) is 0 Å². The third-order valence-corrected chi connectivity index (χ3v) is 4.00. The second-order valence-electron chi connectivity index (χ2n) is 4.28. The molecule has 0 aliphatic heterocycles. The third-order valence-electron chi connectivity index (χ3n) is 2.65. The Morgan fingerprint density at radius 2 is 2.25 bits per heavy atom. The third kappa shape index (κ3) is 3.91. The van der Waals surface area contributed by atoms with Crippen molar-refractivity contribution in [3.63, 3.8) is 0 Å². The summed E-state index contributed by atoms with van der Waals surface area (Å²) in [5, 5.41) is 0. The summed E-state index contributed by atoms with van der Waals surface area (Å²) >= 11 is 9.13. The number of halogens is 2. The predicted octanol–water partition coefficient (Wildman–Crippen LogP) is 1.52. The molecule has 0 spiro atoms. The van der Waals surface area contributed by atoms with E-state index in [1.807, 2.05) is 10.6 Å². The predicted molar refractivity (Wildman–Crippen MR) is 82.5 cm³/mol. The minimum absolute atomic E-state index is 0.289. The molecule has 2 aromatic rings. The van der Waals surface area contributed by atoms with Crippen LogP contribution in [0.15, 0.2) is 16.7 Å². The molecule has 2 rings (SSSR count). The molecule has 0 atom stereocenters. The molecular formula is C11H14BrClN4O2S. The van der Waals surface area contributed by atoms with Gasteiger partial charge in [-0.1, -0.05) is 0 Å². The highest BCUT2D eigenvalue weighted by atomic mass is 79.9. The topological polar surface area (TPSA) is 76.9 Å². The number of nitrogens with zero attached hydrogens (tertiary/aromatic N) is 3. The Labute approximate surface area is 130 Å². The van der Waals surface area contributed by atoms with Crippen LogP contribution >= 0.6 is 27.5 Å². The number of aryl methyl sites for hydroxylation is 1. The first-order valence-electron chi connectivity index (χ1n) is 5.92. The Kier molecular flexibility index (Phi) is 5.00. The molecule has 1 N–H and O–H groups in total. The smallest absolute Gasteiger partial charge is 0.208 e. The van der Waals surface area contributed by atoms with Crippen molar-refractivity contribution >= 4 is 48.7 Å². The zero-order chi connectivity index (χ0) is 14.8. The van der Waals surface area contributed by atoms with Gasteiger partial charge in [-0.2, -0.15) is 0 Å². The van der Waals surface area contributed by atoms with Crippen molar-refractivity contribution < 1.29 is 8.42 Å². The van der Waals surface area contributed by atoms with Crippen LogP contribution < -0.4 is 4.72 Å². The summed E-state index contributed by atoms with van der Waals surface area (Å²) in [6.07, 6.45) is 3.43. The molecule has 0 aliphatic rings. The van der Waals surface area contributed by atoms with Gasteiger partial charge in [-0.3, -0.25) is 0 Å². The average Bonchev–Trinajstić information content (AvgIpc) is 2.65. The number of imidazole rings is 1. The van der Waals surface area contributed by atoms with E-state index in [1.54, 1.807) is 6.20 Å². The second kappa shape index (κ2) is 6.38. The van der Waals surface area contributed by atoms with Crippen molar-refractivity contribution in [1.29, 1.82) is 0 Å². The largest absolute Gasteiger partial charge is 0.311 e. The Morgan fingerprint density at radius 1 is 1.50 bits per heavy atom. The van der Waals surface area contributed by atoms with E-state index in [0.29, 0.717) is 18.8 Å². The van der Waals surface area contributed by atoms with Crippen LogP contribution in [0.5, 0.6) is 0 Å². The highest BCUT2D eigenvalue weighted by Crippen LogP contribution is 2.18. The Bertz CT molecular complexity index is 717. The molecule has 20 heavy (non-hydrogen) atoms. The number of hydrogen-bond donors (Lipinski definition) is 1. The summed E-state index contributed by atoms with van der Waals surface area (Å²) < 4.78 is 27.4. The molecule has 0 amide bonds. The Balaban J connectivity index is 2.31. The van der Waals surface area contributed by atoms with Gasteiger partial charge in [-0.25, -0.2) is 23.1 Å². The Hall–Kier alpha value is -0.700. The minimum atomic E-state index is -3.20. The number of rotatable bonds is 6. The number of sulfonamides is 1. The normalized spacial score (nSPS) is 12.2. The summed E-state index contributed by atoms with van der Waals surface area (Å²) in [6, 6.07) is 1.88. The van der Waals surface area contributed by atoms with Gasteiger partial charge in [0.2, 0.25) is 10.0 Å². The number of hydrogen-bond acceptors (Lipinski definition) is 4. The maximum Gasteiger partial charge on any atom is 0.208 e. The highest BCUT2D eigenvalue weighted by molar-refractivity contribution is 9.10. The van der Waals surface area contributed by atoms with Crippen LogP contribution in [-0.4, -0.2) is 41.6 Å². The molecule has 0 saturated carbocycles. The standard InChI is InChI=1S/C11H14BrClN4O2S/c1-20(18,19)15-4-5-17-10(2-3-13)16-9-6-8(12)7-14-11(9)17/h6-7,15H,2-5H2,1H3. The lowest BCUT2D eigenvalue weighted by atomic mass is 10.4. The monoisotopic (exact) mass is 380 g/mol.